The molecule has 1 aromatic carbocycles. The molecule has 1 N–H and O–H groups in total. The lowest BCUT2D eigenvalue weighted by molar-refractivity contribution is 0.0532. The zero-order valence-corrected chi connectivity index (χ0v) is 14.3. The fourth-order valence-corrected chi connectivity index (χ4v) is 3.80. The van der Waals surface area contributed by atoms with Gasteiger partial charge in [-0.05, 0) is 61.1 Å². The standard InChI is InChI=1S/C20H23N3O2/c24-19(17-8-7-15-4-1-2-5-16(15)14-17)22-10-12-23(13-11-22)20(25)18-6-3-9-21-18/h3,6-9,14,21H,1-2,4-5,10-13H2. The molecular weight excluding hydrogens is 314 g/mol. The number of rotatable bonds is 2. The molecule has 1 fully saturated rings. The fraction of sp³-hybridized carbons (Fsp3) is 0.400. The van der Waals surface area contributed by atoms with Crippen LogP contribution in [0.25, 0.3) is 0 Å². The zero-order chi connectivity index (χ0) is 17.2. The SMILES string of the molecule is O=C(c1ccc2c(c1)CCCC2)N1CCN(C(=O)c2ccc[nH]2)CC1. The number of carbonyl (C=O) groups is 2. The Bertz CT molecular complexity index is 774. The van der Waals surface area contributed by atoms with Crippen molar-refractivity contribution in [2.45, 2.75) is 25.7 Å². The van der Waals surface area contributed by atoms with Crippen LogP contribution in [-0.4, -0.2) is 52.8 Å². The quantitative estimate of drug-likeness (QED) is 0.915. The van der Waals surface area contributed by atoms with E-state index >= 15 is 0 Å². The normalized spacial score (nSPS) is 17.3. The maximum Gasteiger partial charge on any atom is 0.270 e. The van der Waals surface area contributed by atoms with Crippen LogP contribution in [0.3, 0.4) is 0 Å². The van der Waals surface area contributed by atoms with Crippen LogP contribution in [-0.2, 0) is 12.8 Å². The Kier molecular flexibility index (Phi) is 4.30. The van der Waals surface area contributed by atoms with Crippen molar-refractivity contribution in [3.63, 3.8) is 0 Å². The average Bonchev–Trinajstić information content (AvgIpc) is 3.21. The minimum absolute atomic E-state index is 0.00544. The summed E-state index contributed by atoms with van der Waals surface area (Å²) < 4.78 is 0. The van der Waals surface area contributed by atoms with E-state index < -0.39 is 0 Å². The Morgan fingerprint density at radius 1 is 0.840 bits per heavy atom. The van der Waals surface area contributed by atoms with E-state index in [1.54, 1.807) is 12.3 Å². The van der Waals surface area contributed by atoms with Crippen molar-refractivity contribution in [1.82, 2.24) is 14.8 Å². The van der Waals surface area contributed by atoms with Crippen LogP contribution in [0.1, 0.15) is 44.8 Å². The number of aromatic amines is 1. The van der Waals surface area contributed by atoms with Crippen molar-refractivity contribution < 1.29 is 9.59 Å². The molecule has 0 bridgehead atoms. The fourth-order valence-electron chi connectivity index (χ4n) is 3.80. The Hall–Kier alpha value is -2.56. The highest BCUT2D eigenvalue weighted by atomic mass is 16.2. The molecule has 1 aliphatic carbocycles. The first-order chi connectivity index (χ1) is 12.2. The van der Waals surface area contributed by atoms with E-state index in [1.165, 1.54) is 24.0 Å². The summed E-state index contributed by atoms with van der Waals surface area (Å²) in [4.78, 5) is 31.8. The molecule has 1 aromatic heterocycles. The number of piperazine rings is 1. The van der Waals surface area contributed by atoms with Crippen LogP contribution in [0.2, 0.25) is 0 Å². The van der Waals surface area contributed by atoms with E-state index in [2.05, 4.69) is 17.1 Å². The molecule has 4 rings (SSSR count). The number of hydrogen-bond donors (Lipinski definition) is 1. The zero-order valence-electron chi connectivity index (χ0n) is 14.3. The van der Waals surface area contributed by atoms with Crippen LogP contribution in [0.15, 0.2) is 36.5 Å². The summed E-state index contributed by atoms with van der Waals surface area (Å²) in [7, 11) is 0. The Morgan fingerprint density at radius 2 is 1.52 bits per heavy atom. The Balaban J connectivity index is 1.40. The van der Waals surface area contributed by atoms with Gasteiger partial charge < -0.3 is 14.8 Å². The second-order valence-electron chi connectivity index (χ2n) is 6.86. The molecule has 0 atom stereocenters. The maximum atomic E-state index is 12.8. The number of nitrogens with one attached hydrogen (secondary N) is 1. The minimum atomic E-state index is 0.00544. The molecule has 5 heteroatoms. The number of carbonyl (C=O) groups excluding carboxylic acids is 2. The predicted molar refractivity (Wildman–Crippen MR) is 95.7 cm³/mol. The Morgan fingerprint density at radius 3 is 2.20 bits per heavy atom. The number of nitrogens with zero attached hydrogens (tertiary/aromatic N) is 2. The van der Waals surface area contributed by atoms with Crippen LogP contribution in [0.5, 0.6) is 0 Å². The van der Waals surface area contributed by atoms with Crippen LogP contribution >= 0.6 is 0 Å². The van der Waals surface area contributed by atoms with E-state index in [0.717, 1.165) is 18.4 Å². The number of benzene rings is 1. The highest BCUT2D eigenvalue weighted by molar-refractivity contribution is 5.95. The lowest BCUT2D eigenvalue weighted by Crippen LogP contribution is -2.50. The van der Waals surface area contributed by atoms with Crippen molar-refractivity contribution in [2.75, 3.05) is 26.2 Å². The molecule has 1 saturated heterocycles. The van der Waals surface area contributed by atoms with Crippen molar-refractivity contribution in [1.29, 1.82) is 0 Å². The topological polar surface area (TPSA) is 56.4 Å². The third kappa shape index (κ3) is 3.18. The van der Waals surface area contributed by atoms with Crippen molar-refractivity contribution >= 4 is 11.8 Å². The largest absolute Gasteiger partial charge is 0.357 e. The molecule has 2 aromatic rings. The summed E-state index contributed by atoms with van der Waals surface area (Å²) >= 11 is 0. The predicted octanol–water partition coefficient (Wildman–Crippen LogP) is 2.49. The maximum absolute atomic E-state index is 12.8. The third-order valence-corrected chi connectivity index (χ3v) is 5.28. The molecular formula is C20H23N3O2. The first-order valence-electron chi connectivity index (χ1n) is 9.06. The number of aromatic nitrogens is 1. The monoisotopic (exact) mass is 337 g/mol. The number of hydrogen-bond acceptors (Lipinski definition) is 2. The first-order valence-corrected chi connectivity index (χ1v) is 9.06. The van der Waals surface area contributed by atoms with Crippen molar-refractivity contribution in [3.8, 4) is 0 Å². The summed E-state index contributed by atoms with van der Waals surface area (Å²) in [6.07, 6.45) is 6.42. The van der Waals surface area contributed by atoms with Gasteiger partial charge in [0.2, 0.25) is 0 Å². The smallest absolute Gasteiger partial charge is 0.270 e. The highest BCUT2D eigenvalue weighted by Gasteiger charge is 2.26. The van der Waals surface area contributed by atoms with Gasteiger partial charge in [-0.2, -0.15) is 0 Å². The lowest BCUT2D eigenvalue weighted by Gasteiger charge is -2.34. The summed E-state index contributed by atoms with van der Waals surface area (Å²) in [5, 5.41) is 0. The van der Waals surface area contributed by atoms with E-state index in [1.807, 2.05) is 21.9 Å². The molecule has 2 aliphatic rings. The molecule has 2 heterocycles. The molecule has 5 nitrogen and oxygen atoms in total. The van der Waals surface area contributed by atoms with Gasteiger partial charge >= 0.3 is 0 Å². The molecule has 0 unspecified atom stereocenters. The van der Waals surface area contributed by atoms with Crippen molar-refractivity contribution in [3.05, 3.63) is 58.9 Å². The van der Waals surface area contributed by atoms with Gasteiger partial charge in [0.05, 0.1) is 0 Å². The van der Waals surface area contributed by atoms with Gasteiger partial charge in [-0.25, -0.2) is 0 Å². The molecule has 0 saturated carbocycles. The second-order valence-corrected chi connectivity index (χ2v) is 6.86. The Labute approximate surface area is 147 Å². The summed E-state index contributed by atoms with van der Waals surface area (Å²) in [5.74, 6) is 0.0891. The minimum Gasteiger partial charge on any atom is -0.357 e. The van der Waals surface area contributed by atoms with E-state index in [4.69, 9.17) is 0 Å². The third-order valence-electron chi connectivity index (χ3n) is 5.28. The van der Waals surface area contributed by atoms with Crippen LogP contribution < -0.4 is 0 Å². The van der Waals surface area contributed by atoms with Gasteiger partial charge in [0.15, 0.2) is 0 Å². The van der Waals surface area contributed by atoms with E-state index in [0.29, 0.717) is 31.9 Å². The number of H-pyrrole nitrogens is 1. The summed E-state index contributed by atoms with van der Waals surface area (Å²) in [5.41, 5.74) is 4.11. The molecule has 130 valence electrons. The van der Waals surface area contributed by atoms with E-state index in [-0.39, 0.29) is 11.8 Å². The van der Waals surface area contributed by atoms with Gasteiger partial charge in [0.25, 0.3) is 11.8 Å². The molecule has 25 heavy (non-hydrogen) atoms. The lowest BCUT2D eigenvalue weighted by atomic mass is 9.90. The molecule has 2 amide bonds. The van der Waals surface area contributed by atoms with Gasteiger partial charge in [-0.15, -0.1) is 0 Å². The molecule has 0 radical (unpaired) electrons. The highest BCUT2D eigenvalue weighted by Crippen LogP contribution is 2.23. The number of aryl methyl sites for hydroxylation is 2. The van der Waals surface area contributed by atoms with Crippen molar-refractivity contribution in [2.24, 2.45) is 0 Å². The average molecular weight is 337 g/mol. The van der Waals surface area contributed by atoms with Gasteiger partial charge in [0.1, 0.15) is 5.69 Å². The van der Waals surface area contributed by atoms with Gasteiger partial charge in [-0.3, -0.25) is 9.59 Å². The van der Waals surface area contributed by atoms with E-state index in [9.17, 15) is 9.59 Å². The van der Waals surface area contributed by atoms with Gasteiger partial charge in [-0.1, -0.05) is 6.07 Å². The summed E-state index contributed by atoms with van der Waals surface area (Å²) in [6.45, 7) is 2.33. The first kappa shape index (κ1) is 15.9. The van der Waals surface area contributed by atoms with Crippen LogP contribution in [0, 0.1) is 0 Å². The number of amides is 2. The van der Waals surface area contributed by atoms with Gasteiger partial charge in [0, 0.05) is 37.9 Å². The molecule has 0 spiro atoms. The number of fused-ring (bicyclic) bond motifs is 1. The van der Waals surface area contributed by atoms with Crippen LogP contribution in [0.4, 0.5) is 0 Å². The second kappa shape index (κ2) is 6.75. The summed E-state index contributed by atoms with van der Waals surface area (Å²) in [6, 6.07) is 9.76. The molecule has 1 aliphatic heterocycles.